The van der Waals surface area contributed by atoms with Gasteiger partial charge in [0, 0.05) is 17.6 Å². The molecule has 36 heavy (non-hydrogen) atoms. The lowest BCUT2D eigenvalue weighted by molar-refractivity contribution is -0.116. The molecule has 0 fully saturated rings. The summed E-state index contributed by atoms with van der Waals surface area (Å²) in [6.45, 7) is 0. The zero-order chi connectivity index (χ0) is 25.0. The number of aliphatic imine (C=N–C) groups is 1. The van der Waals surface area contributed by atoms with Gasteiger partial charge in [0.15, 0.2) is 16.8 Å². The summed E-state index contributed by atoms with van der Waals surface area (Å²) in [4.78, 5) is 25.2. The van der Waals surface area contributed by atoms with E-state index in [1.165, 1.54) is 43.1 Å². The lowest BCUT2D eigenvalue weighted by atomic mass is 9.85. The Hall–Kier alpha value is -4.03. The summed E-state index contributed by atoms with van der Waals surface area (Å²) in [5.74, 6) is -0.165. The van der Waals surface area contributed by atoms with Crippen LogP contribution in [0.4, 0.5) is 14.6 Å². The van der Waals surface area contributed by atoms with Crippen molar-refractivity contribution in [2.75, 3.05) is 12.0 Å². The smallest absolute Gasteiger partial charge is 0.234 e. The van der Waals surface area contributed by atoms with Crippen LogP contribution in [-0.4, -0.2) is 23.0 Å². The number of hydrogen-bond donors (Lipinski definition) is 0. The molecule has 1 atom stereocenters. The largest absolute Gasteiger partial charge is 0.480 e. The molecule has 0 spiro atoms. The van der Waals surface area contributed by atoms with E-state index in [0.717, 1.165) is 11.3 Å². The fraction of sp³-hybridized carbons (Fsp3) is 0.185. The minimum Gasteiger partial charge on any atom is -0.480 e. The van der Waals surface area contributed by atoms with E-state index >= 15 is 0 Å². The Labute approximate surface area is 209 Å². The lowest BCUT2D eigenvalue weighted by Crippen LogP contribution is -2.38. The molecule has 0 radical (unpaired) electrons. The number of amidine groups is 1. The van der Waals surface area contributed by atoms with Gasteiger partial charge in [-0.2, -0.15) is 10.2 Å². The average Bonchev–Trinajstić information content (AvgIpc) is 3.25. The second kappa shape index (κ2) is 8.57. The molecular weight excluding hydrogens is 482 g/mol. The van der Waals surface area contributed by atoms with Gasteiger partial charge in [0.25, 0.3) is 0 Å². The van der Waals surface area contributed by atoms with Crippen molar-refractivity contribution in [1.82, 2.24) is 4.98 Å². The lowest BCUT2D eigenvalue weighted by Gasteiger charge is -2.36. The van der Waals surface area contributed by atoms with Crippen LogP contribution in [0.1, 0.15) is 36.4 Å². The predicted molar refractivity (Wildman–Crippen MR) is 132 cm³/mol. The quantitative estimate of drug-likeness (QED) is 0.443. The minimum atomic E-state index is -0.555. The van der Waals surface area contributed by atoms with E-state index in [1.54, 1.807) is 24.3 Å². The summed E-state index contributed by atoms with van der Waals surface area (Å²) >= 11 is 1.35. The first-order valence-electron chi connectivity index (χ1n) is 11.4. The standard InChI is InChI=1S/C27H18F2N4O2S/c1-35-26-18(13-30)21(14-5-9-16(28)10-6-14)24-25(32-26)33-23(15-7-11-17(29)12-8-15)22-19(31-27(33)36-24)3-2-4-20(22)34/h5-12,23H,2-4H2,1H3. The zero-order valence-electron chi connectivity index (χ0n) is 19.1. The van der Waals surface area contributed by atoms with Gasteiger partial charge in [-0.15, -0.1) is 0 Å². The molecule has 0 saturated carbocycles. The van der Waals surface area contributed by atoms with Crippen molar-refractivity contribution < 1.29 is 18.3 Å². The van der Waals surface area contributed by atoms with Crippen molar-refractivity contribution in [2.24, 2.45) is 4.99 Å². The van der Waals surface area contributed by atoms with Crippen LogP contribution < -0.4 is 9.64 Å². The van der Waals surface area contributed by atoms with E-state index in [2.05, 4.69) is 11.1 Å². The summed E-state index contributed by atoms with van der Waals surface area (Å²) in [6, 6.07) is 13.6. The number of carbonyl (C=O) groups excluding carboxylic acids is 1. The minimum absolute atomic E-state index is 0.00573. The maximum atomic E-state index is 13.8. The van der Waals surface area contributed by atoms with Crippen LogP contribution in [-0.2, 0) is 4.79 Å². The Balaban J connectivity index is 1.62. The number of nitrogens with zero attached hydrogens (tertiary/aromatic N) is 4. The Morgan fingerprint density at radius 2 is 1.78 bits per heavy atom. The number of ether oxygens (including phenoxy) is 1. The van der Waals surface area contributed by atoms with E-state index in [-0.39, 0.29) is 23.0 Å². The number of fused-ring (bicyclic) bond motifs is 3. The van der Waals surface area contributed by atoms with Crippen LogP contribution in [0.25, 0.3) is 11.1 Å². The maximum absolute atomic E-state index is 13.8. The first-order chi connectivity index (χ1) is 17.5. The van der Waals surface area contributed by atoms with Gasteiger partial charge in [-0.05, 0) is 60.0 Å². The van der Waals surface area contributed by atoms with E-state index in [4.69, 9.17) is 9.73 Å². The van der Waals surface area contributed by atoms with Crippen LogP contribution in [0.15, 0.2) is 69.7 Å². The fourth-order valence-electron chi connectivity index (χ4n) is 4.96. The van der Waals surface area contributed by atoms with Gasteiger partial charge in [0.05, 0.1) is 23.7 Å². The number of thioether (sulfide) groups is 1. The van der Waals surface area contributed by atoms with E-state index in [9.17, 15) is 18.8 Å². The highest BCUT2D eigenvalue weighted by Crippen LogP contribution is 2.55. The molecule has 3 aliphatic rings. The molecule has 0 N–H and O–H groups in total. The van der Waals surface area contributed by atoms with Crippen LogP contribution in [0.2, 0.25) is 0 Å². The number of halogens is 2. The van der Waals surface area contributed by atoms with Crippen molar-refractivity contribution >= 4 is 28.5 Å². The van der Waals surface area contributed by atoms with Gasteiger partial charge in [0.2, 0.25) is 5.88 Å². The molecule has 1 unspecified atom stereocenters. The number of allylic oxidation sites excluding steroid dienone is 1. The highest BCUT2D eigenvalue weighted by molar-refractivity contribution is 8.15. The van der Waals surface area contributed by atoms with Gasteiger partial charge in [-0.3, -0.25) is 9.69 Å². The van der Waals surface area contributed by atoms with Crippen LogP contribution >= 0.6 is 11.8 Å². The van der Waals surface area contributed by atoms with Gasteiger partial charge in [0.1, 0.15) is 23.3 Å². The number of ketones is 1. The number of methoxy groups -OCH3 is 1. The number of benzene rings is 2. The van der Waals surface area contributed by atoms with E-state index in [1.807, 2.05) is 4.90 Å². The number of hydrogen-bond acceptors (Lipinski definition) is 7. The first-order valence-corrected chi connectivity index (χ1v) is 12.2. The molecule has 1 aliphatic carbocycles. The molecule has 2 aromatic carbocycles. The summed E-state index contributed by atoms with van der Waals surface area (Å²) in [5.41, 5.74) is 3.45. The molecular formula is C27H18F2N4O2S. The van der Waals surface area contributed by atoms with Crippen molar-refractivity contribution in [3.8, 4) is 23.1 Å². The monoisotopic (exact) mass is 500 g/mol. The fourth-order valence-corrected chi connectivity index (χ4v) is 6.14. The Bertz CT molecular complexity index is 1530. The topological polar surface area (TPSA) is 78.6 Å². The Morgan fingerprint density at radius 1 is 1.08 bits per heavy atom. The SMILES string of the molecule is COc1nc2c(c(-c3ccc(F)cc3)c1C#N)SC1=NC3=C(C(=O)CCC3)C(c3ccc(F)cc3)N12. The predicted octanol–water partition coefficient (Wildman–Crippen LogP) is 5.94. The molecule has 178 valence electrons. The molecule has 6 nitrogen and oxygen atoms in total. The first kappa shape index (κ1) is 22.4. The van der Waals surface area contributed by atoms with Gasteiger partial charge in [-0.1, -0.05) is 24.3 Å². The number of carbonyl (C=O) groups is 1. The maximum Gasteiger partial charge on any atom is 0.234 e. The molecule has 2 aliphatic heterocycles. The molecule has 9 heteroatoms. The number of rotatable bonds is 3. The van der Waals surface area contributed by atoms with Crippen LogP contribution in [0.5, 0.6) is 5.88 Å². The second-order valence-corrected chi connectivity index (χ2v) is 9.58. The molecule has 0 bridgehead atoms. The number of anilines is 1. The molecule has 0 amide bonds. The molecule has 3 aromatic rings. The summed E-state index contributed by atoms with van der Waals surface area (Å²) in [5, 5.41) is 10.6. The second-order valence-electron chi connectivity index (χ2n) is 8.60. The van der Waals surface area contributed by atoms with E-state index < -0.39 is 11.9 Å². The van der Waals surface area contributed by atoms with Crippen LogP contribution in [0, 0.1) is 23.0 Å². The zero-order valence-corrected chi connectivity index (χ0v) is 19.9. The van der Waals surface area contributed by atoms with Crippen LogP contribution in [0.3, 0.4) is 0 Å². The van der Waals surface area contributed by atoms with Crippen molar-refractivity contribution in [3.05, 3.63) is 82.6 Å². The highest BCUT2D eigenvalue weighted by atomic mass is 32.2. The summed E-state index contributed by atoms with van der Waals surface area (Å²) < 4.78 is 33.0. The third-order valence-corrected chi connectivity index (χ3v) is 7.61. The Morgan fingerprint density at radius 3 is 2.44 bits per heavy atom. The van der Waals surface area contributed by atoms with E-state index in [0.29, 0.717) is 51.8 Å². The normalized spacial score (nSPS) is 18.3. The van der Waals surface area contributed by atoms with Gasteiger partial charge in [-0.25, -0.2) is 13.8 Å². The molecule has 1 aromatic heterocycles. The summed E-state index contributed by atoms with van der Waals surface area (Å²) in [7, 11) is 1.43. The number of pyridine rings is 1. The number of aromatic nitrogens is 1. The third-order valence-electron chi connectivity index (χ3n) is 6.54. The molecule has 3 heterocycles. The van der Waals surface area contributed by atoms with Gasteiger partial charge >= 0.3 is 0 Å². The number of nitriles is 1. The average molecular weight is 501 g/mol. The van der Waals surface area contributed by atoms with Crippen molar-refractivity contribution in [2.45, 2.75) is 30.2 Å². The van der Waals surface area contributed by atoms with Gasteiger partial charge < -0.3 is 4.74 Å². The van der Waals surface area contributed by atoms with Crippen molar-refractivity contribution in [1.29, 1.82) is 5.26 Å². The third kappa shape index (κ3) is 3.40. The molecule has 6 rings (SSSR count). The molecule has 0 saturated heterocycles. The Kier molecular flexibility index (Phi) is 5.34. The summed E-state index contributed by atoms with van der Waals surface area (Å²) in [6.07, 6.45) is 1.80. The number of Topliss-reactive ketones (excluding diaryl/α,β-unsaturated/α-hetero) is 1. The van der Waals surface area contributed by atoms with Crippen molar-refractivity contribution in [3.63, 3.8) is 0 Å². The highest BCUT2D eigenvalue weighted by Gasteiger charge is 2.45.